The summed E-state index contributed by atoms with van der Waals surface area (Å²) >= 11 is 0. The van der Waals surface area contributed by atoms with Gasteiger partial charge in [0.2, 0.25) is 11.8 Å². The van der Waals surface area contributed by atoms with E-state index < -0.39 is 11.7 Å². The maximum atomic E-state index is 13.0. The highest BCUT2D eigenvalue weighted by Crippen LogP contribution is 2.28. The summed E-state index contributed by atoms with van der Waals surface area (Å²) in [5, 5.41) is 5.75. The molecule has 3 rings (SSSR count). The van der Waals surface area contributed by atoms with Crippen LogP contribution in [0, 0.1) is 5.92 Å². The van der Waals surface area contributed by atoms with Crippen LogP contribution in [0.3, 0.4) is 0 Å². The van der Waals surface area contributed by atoms with Crippen LogP contribution in [0.25, 0.3) is 0 Å². The van der Waals surface area contributed by atoms with E-state index in [-0.39, 0.29) is 23.8 Å². The fourth-order valence-electron chi connectivity index (χ4n) is 4.71. The molecule has 1 saturated heterocycles. The average molecular weight is 520 g/mol. The Labute approximate surface area is 226 Å². The van der Waals surface area contributed by atoms with Gasteiger partial charge in [0.15, 0.2) is 0 Å². The number of rotatable bonds is 12. The van der Waals surface area contributed by atoms with Gasteiger partial charge in [0.25, 0.3) is 0 Å². The molecule has 2 aromatic carbocycles. The molecule has 1 aliphatic heterocycles. The molecule has 2 atom stereocenters. The highest BCUT2D eigenvalue weighted by molar-refractivity contribution is 5.85. The number of nitrogens with one attached hydrogen (secondary N) is 2. The quantitative estimate of drug-likeness (QED) is 0.362. The number of amides is 3. The lowest BCUT2D eigenvalue weighted by atomic mass is 10.0. The van der Waals surface area contributed by atoms with E-state index in [9.17, 15) is 14.4 Å². The van der Waals surface area contributed by atoms with Crippen LogP contribution < -0.4 is 10.6 Å². The van der Waals surface area contributed by atoms with Crippen LogP contribution in [0.15, 0.2) is 67.3 Å². The first-order chi connectivity index (χ1) is 18.1. The molecule has 1 heterocycles. The van der Waals surface area contributed by atoms with Crippen molar-refractivity contribution < 1.29 is 19.1 Å². The van der Waals surface area contributed by atoms with Crippen molar-refractivity contribution >= 4 is 23.6 Å². The summed E-state index contributed by atoms with van der Waals surface area (Å²) < 4.78 is 5.26. The van der Waals surface area contributed by atoms with E-state index in [0.717, 1.165) is 24.8 Å². The zero-order chi connectivity index (χ0) is 27.5. The van der Waals surface area contributed by atoms with Gasteiger partial charge in [-0.15, -0.1) is 6.58 Å². The fraction of sp³-hybridized carbons (Fsp3) is 0.452. The third-order valence-corrected chi connectivity index (χ3v) is 6.56. The summed E-state index contributed by atoms with van der Waals surface area (Å²) in [4.78, 5) is 39.5. The Bertz CT molecular complexity index is 1080. The van der Waals surface area contributed by atoms with E-state index in [1.807, 2.05) is 56.0 Å². The van der Waals surface area contributed by atoms with E-state index >= 15 is 0 Å². The van der Waals surface area contributed by atoms with Crippen molar-refractivity contribution in [2.45, 2.75) is 70.9 Å². The fourth-order valence-corrected chi connectivity index (χ4v) is 4.71. The predicted octanol–water partition coefficient (Wildman–Crippen LogP) is 5.51. The van der Waals surface area contributed by atoms with Gasteiger partial charge in [-0.2, -0.15) is 0 Å². The Morgan fingerprint density at radius 1 is 1.05 bits per heavy atom. The molecule has 0 bridgehead atoms. The minimum Gasteiger partial charge on any atom is -0.444 e. The van der Waals surface area contributed by atoms with Crippen LogP contribution in [0.2, 0.25) is 0 Å². The molecule has 0 radical (unpaired) electrons. The largest absolute Gasteiger partial charge is 0.444 e. The van der Waals surface area contributed by atoms with E-state index in [1.54, 1.807) is 18.2 Å². The van der Waals surface area contributed by atoms with Gasteiger partial charge in [-0.25, -0.2) is 4.79 Å². The van der Waals surface area contributed by atoms with Crippen molar-refractivity contribution in [2.24, 2.45) is 5.92 Å². The number of hydrogen-bond acceptors (Lipinski definition) is 4. The molecule has 3 amide bonds. The normalized spacial score (nSPS) is 17.2. The van der Waals surface area contributed by atoms with Crippen LogP contribution in [-0.2, 0) is 27.2 Å². The number of benzene rings is 2. The lowest BCUT2D eigenvalue weighted by molar-refractivity contribution is -0.132. The van der Waals surface area contributed by atoms with Crippen molar-refractivity contribution in [1.29, 1.82) is 0 Å². The Balaban J connectivity index is 1.45. The Kier molecular flexibility index (Phi) is 10.5. The molecular formula is C31H41N3O4. The van der Waals surface area contributed by atoms with Gasteiger partial charge in [-0.3, -0.25) is 14.9 Å². The Morgan fingerprint density at radius 2 is 1.74 bits per heavy atom. The van der Waals surface area contributed by atoms with E-state index in [4.69, 9.17) is 4.74 Å². The SMILES string of the molecule is C=CC[C@@H]1C[C@@H](CNC(=O)CCc2ccc(NC(=O)OC(C)(C)C)cc2)N(CCCc2ccccc2)C1=O. The number of aryl methyl sites for hydroxylation is 2. The number of nitrogens with zero attached hydrogens (tertiary/aromatic N) is 1. The van der Waals surface area contributed by atoms with Crippen LogP contribution in [0.4, 0.5) is 10.5 Å². The number of hydrogen-bond donors (Lipinski definition) is 2. The second-order valence-electron chi connectivity index (χ2n) is 10.9. The van der Waals surface area contributed by atoms with Crippen LogP contribution >= 0.6 is 0 Å². The lowest BCUT2D eigenvalue weighted by Crippen LogP contribution is -2.42. The third-order valence-electron chi connectivity index (χ3n) is 6.56. The molecule has 0 spiro atoms. The summed E-state index contributed by atoms with van der Waals surface area (Å²) in [7, 11) is 0. The van der Waals surface area contributed by atoms with Gasteiger partial charge >= 0.3 is 6.09 Å². The average Bonchev–Trinajstić information content (AvgIpc) is 3.16. The molecule has 7 heteroatoms. The molecule has 1 aliphatic rings. The Hall–Kier alpha value is -3.61. The molecule has 0 saturated carbocycles. The number of carbonyl (C=O) groups excluding carboxylic acids is 3. The molecule has 2 N–H and O–H groups in total. The maximum absolute atomic E-state index is 13.0. The van der Waals surface area contributed by atoms with Gasteiger partial charge in [-0.05, 0) is 76.1 Å². The first-order valence-electron chi connectivity index (χ1n) is 13.5. The van der Waals surface area contributed by atoms with Crippen LogP contribution in [-0.4, -0.2) is 47.5 Å². The highest BCUT2D eigenvalue weighted by Gasteiger charge is 2.38. The summed E-state index contributed by atoms with van der Waals surface area (Å²) in [5.74, 6) is 0.0704. The van der Waals surface area contributed by atoms with Gasteiger partial charge in [0, 0.05) is 37.2 Å². The van der Waals surface area contributed by atoms with Crippen molar-refractivity contribution in [2.75, 3.05) is 18.4 Å². The predicted molar refractivity (Wildman–Crippen MR) is 151 cm³/mol. The minimum atomic E-state index is -0.561. The number of allylic oxidation sites excluding steroid dienone is 1. The number of ether oxygens (including phenoxy) is 1. The molecule has 204 valence electrons. The molecule has 7 nitrogen and oxygen atoms in total. The van der Waals surface area contributed by atoms with Gasteiger partial charge in [0.1, 0.15) is 5.60 Å². The summed E-state index contributed by atoms with van der Waals surface area (Å²) in [6, 6.07) is 17.7. The zero-order valence-electron chi connectivity index (χ0n) is 22.9. The smallest absolute Gasteiger partial charge is 0.412 e. The summed E-state index contributed by atoms with van der Waals surface area (Å²) in [6.07, 6.45) is 5.45. The lowest BCUT2D eigenvalue weighted by Gasteiger charge is -2.25. The van der Waals surface area contributed by atoms with Crippen molar-refractivity contribution in [3.63, 3.8) is 0 Å². The zero-order valence-corrected chi connectivity index (χ0v) is 22.9. The molecule has 0 unspecified atom stereocenters. The van der Waals surface area contributed by atoms with Crippen molar-refractivity contribution in [1.82, 2.24) is 10.2 Å². The molecule has 0 aromatic heterocycles. The second-order valence-corrected chi connectivity index (χ2v) is 10.9. The summed E-state index contributed by atoms with van der Waals surface area (Å²) in [6.45, 7) is 10.4. The molecule has 1 fully saturated rings. The Morgan fingerprint density at radius 3 is 2.39 bits per heavy atom. The minimum absolute atomic E-state index is 0.00499. The van der Waals surface area contributed by atoms with Crippen molar-refractivity contribution in [3.8, 4) is 0 Å². The standard InChI is InChI=1S/C31H41N3O4/c1-5-10-25-21-27(34(29(25)36)20-9-13-23-11-7-6-8-12-23)22-32-28(35)19-16-24-14-17-26(18-15-24)33-30(37)38-31(2,3)4/h5-8,11-12,14-15,17-18,25,27H,1,9-10,13,16,19-22H2,2-4H3,(H,32,35)(H,33,37)/t25-,27+/m1/s1. The van der Waals surface area contributed by atoms with Gasteiger partial charge in [-0.1, -0.05) is 48.5 Å². The summed E-state index contributed by atoms with van der Waals surface area (Å²) in [5.41, 5.74) is 2.34. The molecule has 38 heavy (non-hydrogen) atoms. The van der Waals surface area contributed by atoms with Crippen LogP contribution in [0.5, 0.6) is 0 Å². The van der Waals surface area contributed by atoms with E-state index in [0.29, 0.717) is 38.0 Å². The maximum Gasteiger partial charge on any atom is 0.412 e. The number of likely N-dealkylation sites (tertiary alicyclic amines) is 1. The topological polar surface area (TPSA) is 87.7 Å². The number of carbonyl (C=O) groups is 3. The molecule has 0 aliphatic carbocycles. The van der Waals surface area contributed by atoms with Crippen LogP contribution in [0.1, 0.15) is 57.6 Å². The van der Waals surface area contributed by atoms with Crippen molar-refractivity contribution in [3.05, 3.63) is 78.4 Å². The van der Waals surface area contributed by atoms with E-state index in [1.165, 1.54) is 5.56 Å². The van der Waals surface area contributed by atoms with E-state index in [2.05, 4.69) is 29.3 Å². The third kappa shape index (κ3) is 9.36. The van der Waals surface area contributed by atoms with Gasteiger partial charge < -0.3 is 15.0 Å². The first-order valence-corrected chi connectivity index (χ1v) is 13.5. The molecular weight excluding hydrogens is 478 g/mol. The second kappa shape index (κ2) is 13.8. The first kappa shape index (κ1) is 29.0. The number of anilines is 1. The monoisotopic (exact) mass is 519 g/mol. The molecule has 2 aromatic rings. The highest BCUT2D eigenvalue weighted by atomic mass is 16.6. The van der Waals surface area contributed by atoms with Gasteiger partial charge in [0.05, 0.1) is 0 Å².